The lowest BCUT2D eigenvalue weighted by molar-refractivity contribution is 0.205. The second-order valence-corrected chi connectivity index (χ2v) is 10.6. The number of carbonyl (C=O) groups excluding carboxylic acids is 1. The number of rotatable bonds is 3. The molecule has 2 heterocycles. The Balaban J connectivity index is 1.75. The van der Waals surface area contributed by atoms with Crippen LogP contribution in [0.1, 0.15) is 16.7 Å². The van der Waals surface area contributed by atoms with E-state index in [2.05, 4.69) is 15.9 Å². The van der Waals surface area contributed by atoms with Crippen LogP contribution >= 0.6 is 15.9 Å². The number of hydrogen-bond donors (Lipinski definition) is 0. The van der Waals surface area contributed by atoms with E-state index in [4.69, 9.17) is 0 Å². The number of hydrogen-bond acceptors (Lipinski definition) is 3. The highest BCUT2D eigenvalue weighted by atomic mass is 79.9. The Hall–Kier alpha value is -1.93. The lowest BCUT2D eigenvalue weighted by atomic mass is 10.1. The van der Waals surface area contributed by atoms with E-state index in [0.717, 1.165) is 16.8 Å². The van der Waals surface area contributed by atoms with Crippen molar-refractivity contribution in [1.82, 2.24) is 4.90 Å². The number of aryl methyl sites for hydroxylation is 2. The molecule has 0 aliphatic carbocycles. The summed E-state index contributed by atoms with van der Waals surface area (Å²) >= 11 is 3.23. The number of amides is 2. The number of carbonyl (C=O) groups is 1. The molecule has 0 bridgehead atoms. The third-order valence-electron chi connectivity index (χ3n) is 5.46. The summed E-state index contributed by atoms with van der Waals surface area (Å²) < 4.78 is 39.7. The number of fused-ring (bicyclic) bond motifs is 1. The van der Waals surface area contributed by atoms with Crippen LogP contribution in [0, 0.1) is 19.7 Å². The first-order valence-corrected chi connectivity index (χ1v) is 11.6. The maximum absolute atomic E-state index is 14.4. The summed E-state index contributed by atoms with van der Waals surface area (Å²) in [6.45, 7) is 3.87. The quantitative estimate of drug-likeness (QED) is 0.646. The molecule has 2 amide bonds. The van der Waals surface area contributed by atoms with Crippen molar-refractivity contribution in [2.24, 2.45) is 0 Å². The fourth-order valence-corrected chi connectivity index (χ4v) is 6.34. The van der Waals surface area contributed by atoms with Gasteiger partial charge in [0.05, 0.1) is 30.1 Å². The Kier molecular flexibility index (Phi) is 4.74. The van der Waals surface area contributed by atoms with E-state index >= 15 is 0 Å². The summed E-state index contributed by atoms with van der Waals surface area (Å²) in [6, 6.07) is 9.24. The topological polar surface area (TPSA) is 57.7 Å². The lowest BCUT2D eigenvalue weighted by Gasteiger charge is -2.24. The van der Waals surface area contributed by atoms with Gasteiger partial charge in [0.15, 0.2) is 9.84 Å². The van der Waals surface area contributed by atoms with E-state index in [9.17, 15) is 17.6 Å². The number of sulfone groups is 1. The van der Waals surface area contributed by atoms with Crippen LogP contribution in [0.3, 0.4) is 0 Å². The number of benzene rings is 2. The van der Waals surface area contributed by atoms with Gasteiger partial charge in [-0.1, -0.05) is 34.1 Å². The van der Waals surface area contributed by atoms with Crippen molar-refractivity contribution < 1.29 is 17.6 Å². The predicted molar refractivity (Wildman–Crippen MR) is 110 cm³/mol. The summed E-state index contributed by atoms with van der Waals surface area (Å²) in [5, 5.41) is 0. The summed E-state index contributed by atoms with van der Waals surface area (Å²) in [6.07, 6.45) is 0. The average Bonchev–Trinajstić information content (AvgIpc) is 3.03. The molecular formula is C20H20BrFN2O3S. The SMILES string of the molecule is Cc1ccc(C)c(N2C(=O)N(Cc3ccc(Br)cc3F)[C@@H]3CS(=O)(=O)C[C@H]32)c1. The number of urea groups is 1. The first-order valence-electron chi connectivity index (χ1n) is 8.98. The number of halogens is 2. The van der Waals surface area contributed by atoms with Crippen LogP contribution in [-0.4, -0.2) is 42.9 Å². The van der Waals surface area contributed by atoms with Gasteiger partial charge in [0, 0.05) is 15.7 Å². The van der Waals surface area contributed by atoms with Crippen molar-refractivity contribution in [3.8, 4) is 0 Å². The fraction of sp³-hybridized carbons (Fsp3) is 0.350. The minimum atomic E-state index is -3.27. The normalized spacial score (nSPS) is 23.4. The Morgan fingerprint density at radius 3 is 2.54 bits per heavy atom. The molecule has 0 saturated carbocycles. The zero-order valence-corrected chi connectivity index (χ0v) is 17.9. The summed E-state index contributed by atoms with van der Waals surface area (Å²) in [7, 11) is -3.27. The standard InChI is InChI=1S/C20H20BrFN2O3S/c1-12-3-4-13(2)17(7-12)24-19-11-28(26,27)10-18(19)23(20(24)25)9-14-5-6-15(21)8-16(14)22/h3-8,18-19H,9-11H2,1-2H3/t18-,19-/m1/s1. The highest BCUT2D eigenvalue weighted by molar-refractivity contribution is 9.10. The zero-order valence-electron chi connectivity index (χ0n) is 15.5. The molecule has 5 nitrogen and oxygen atoms in total. The summed E-state index contributed by atoms with van der Waals surface area (Å²) in [5.74, 6) is -0.594. The Morgan fingerprint density at radius 2 is 1.82 bits per heavy atom. The van der Waals surface area contributed by atoms with Gasteiger partial charge in [0.25, 0.3) is 0 Å². The van der Waals surface area contributed by atoms with Crippen molar-refractivity contribution in [3.63, 3.8) is 0 Å². The number of anilines is 1. The third kappa shape index (κ3) is 3.33. The van der Waals surface area contributed by atoms with Gasteiger partial charge in [-0.25, -0.2) is 17.6 Å². The largest absolute Gasteiger partial charge is 0.325 e. The van der Waals surface area contributed by atoms with Crippen LogP contribution in [0.5, 0.6) is 0 Å². The van der Waals surface area contributed by atoms with E-state index in [1.165, 1.54) is 11.0 Å². The van der Waals surface area contributed by atoms with Crippen molar-refractivity contribution >= 4 is 37.5 Å². The van der Waals surface area contributed by atoms with E-state index in [0.29, 0.717) is 10.0 Å². The van der Waals surface area contributed by atoms with Crippen molar-refractivity contribution in [3.05, 3.63) is 63.4 Å². The molecule has 2 atom stereocenters. The van der Waals surface area contributed by atoms with Gasteiger partial charge in [-0.05, 0) is 43.2 Å². The van der Waals surface area contributed by atoms with E-state index in [-0.39, 0.29) is 24.1 Å². The molecule has 4 rings (SSSR count). The van der Waals surface area contributed by atoms with Gasteiger partial charge in [-0.2, -0.15) is 0 Å². The molecule has 2 aromatic carbocycles. The van der Waals surface area contributed by atoms with Crippen LogP contribution in [0.25, 0.3) is 0 Å². The highest BCUT2D eigenvalue weighted by Crippen LogP contribution is 2.37. The molecular weight excluding hydrogens is 447 g/mol. The molecule has 0 N–H and O–H groups in total. The van der Waals surface area contributed by atoms with Crippen molar-refractivity contribution in [2.75, 3.05) is 16.4 Å². The van der Waals surface area contributed by atoms with Gasteiger partial charge >= 0.3 is 6.03 Å². The molecule has 2 aromatic rings. The fourth-order valence-electron chi connectivity index (χ4n) is 4.06. The second-order valence-electron chi connectivity index (χ2n) is 7.52. The smallest absolute Gasteiger partial charge is 0.314 e. The van der Waals surface area contributed by atoms with Gasteiger partial charge in [0.1, 0.15) is 5.82 Å². The molecule has 0 aromatic heterocycles. The Bertz CT molecular complexity index is 1070. The molecule has 8 heteroatoms. The van der Waals surface area contributed by atoms with Gasteiger partial charge in [0.2, 0.25) is 0 Å². The molecule has 28 heavy (non-hydrogen) atoms. The maximum atomic E-state index is 14.4. The van der Waals surface area contributed by atoms with E-state index in [1.54, 1.807) is 17.0 Å². The second kappa shape index (κ2) is 6.84. The van der Waals surface area contributed by atoms with Gasteiger partial charge < -0.3 is 4.90 Å². The van der Waals surface area contributed by atoms with Gasteiger partial charge in [-0.3, -0.25) is 4.90 Å². The maximum Gasteiger partial charge on any atom is 0.325 e. The molecule has 2 saturated heterocycles. The monoisotopic (exact) mass is 466 g/mol. The summed E-state index contributed by atoms with van der Waals surface area (Å²) in [4.78, 5) is 16.4. The molecule has 0 unspecified atom stereocenters. The molecule has 2 aliphatic rings. The molecule has 2 fully saturated rings. The Morgan fingerprint density at radius 1 is 1.11 bits per heavy atom. The van der Waals surface area contributed by atoms with Crippen LogP contribution in [0.15, 0.2) is 40.9 Å². The van der Waals surface area contributed by atoms with Crippen LogP contribution in [0.2, 0.25) is 0 Å². The zero-order chi connectivity index (χ0) is 20.2. The lowest BCUT2D eigenvalue weighted by Crippen LogP contribution is -2.38. The van der Waals surface area contributed by atoms with Gasteiger partial charge in [-0.15, -0.1) is 0 Å². The average molecular weight is 467 g/mol. The Labute approximate surface area is 172 Å². The predicted octanol–water partition coefficient (Wildman–Crippen LogP) is 3.81. The van der Waals surface area contributed by atoms with Crippen LogP contribution in [-0.2, 0) is 16.4 Å². The molecule has 0 radical (unpaired) electrons. The van der Waals surface area contributed by atoms with Crippen molar-refractivity contribution in [1.29, 1.82) is 0 Å². The minimum absolute atomic E-state index is 0.0377. The highest BCUT2D eigenvalue weighted by Gasteiger charge is 2.54. The van der Waals surface area contributed by atoms with Crippen molar-refractivity contribution in [2.45, 2.75) is 32.5 Å². The molecule has 0 spiro atoms. The van der Waals surface area contributed by atoms with Crippen LogP contribution in [0.4, 0.5) is 14.9 Å². The molecule has 2 aliphatic heterocycles. The first-order chi connectivity index (χ1) is 13.2. The van der Waals surface area contributed by atoms with E-state index in [1.807, 2.05) is 32.0 Å². The van der Waals surface area contributed by atoms with Crippen LogP contribution < -0.4 is 4.90 Å². The van der Waals surface area contributed by atoms with E-state index < -0.39 is 27.7 Å². The number of nitrogens with zero attached hydrogens (tertiary/aromatic N) is 2. The third-order valence-corrected chi connectivity index (χ3v) is 7.65. The minimum Gasteiger partial charge on any atom is -0.314 e. The first kappa shape index (κ1) is 19.4. The summed E-state index contributed by atoms with van der Waals surface area (Å²) in [5.41, 5.74) is 2.97. The molecule has 148 valence electrons.